The molecule has 4 N–H and O–H groups in total. The van der Waals surface area contributed by atoms with Crippen molar-refractivity contribution < 1.29 is 55.2 Å². The minimum Gasteiger partial charge on any atom is -0.493 e. The number of ether oxygens (including phenoxy) is 2. The lowest BCUT2D eigenvalue weighted by atomic mass is 10.1. The topological polar surface area (TPSA) is 229 Å². The first-order valence-electron chi connectivity index (χ1n) is 9.30. The fourth-order valence-electron chi connectivity index (χ4n) is 2.68. The Morgan fingerprint density at radius 1 is 0.917 bits per heavy atom. The van der Waals surface area contributed by atoms with Crippen LogP contribution in [0.1, 0.15) is 5.56 Å². The number of aliphatic carboxylic acids is 1. The smallest absolute Gasteiger partial charge is 0.433 e. The number of carboxylic acids is 1. The van der Waals surface area contributed by atoms with Crippen LogP contribution in [0, 0.1) is 0 Å². The molecule has 0 saturated carbocycles. The van der Waals surface area contributed by atoms with Crippen molar-refractivity contribution in [2.75, 3.05) is 7.11 Å². The van der Waals surface area contributed by atoms with E-state index in [0.29, 0.717) is 22.8 Å². The summed E-state index contributed by atoms with van der Waals surface area (Å²) in [4.78, 5) is 32.3. The number of hydrogen-bond donors (Lipinski definition) is 4. The molecule has 0 unspecified atom stereocenters. The SMILES string of the molecule is COc1cc(CC(=O)O)ccc1Oc1ccccc1.O=C(O)n1c(S(=O)(=O)O)cc(=O)n1S(=O)(=O)O. The Balaban J connectivity index is 0.000000255. The van der Waals surface area contributed by atoms with Gasteiger partial charge in [-0.15, -0.1) is 4.09 Å². The first-order valence-corrected chi connectivity index (χ1v) is 12.1. The van der Waals surface area contributed by atoms with Crippen LogP contribution in [0.2, 0.25) is 0 Å². The average Bonchev–Trinajstić information content (AvgIpc) is 3.14. The highest BCUT2D eigenvalue weighted by Gasteiger charge is 2.30. The average molecular weight is 546 g/mol. The summed E-state index contributed by atoms with van der Waals surface area (Å²) in [7, 11) is -8.97. The Bertz CT molecular complexity index is 1540. The van der Waals surface area contributed by atoms with Crippen molar-refractivity contribution in [3.63, 3.8) is 0 Å². The summed E-state index contributed by atoms with van der Waals surface area (Å²) < 4.78 is 69.4. The van der Waals surface area contributed by atoms with Crippen LogP contribution in [0.25, 0.3) is 0 Å². The lowest BCUT2D eigenvalue weighted by Crippen LogP contribution is -2.33. The Morgan fingerprint density at radius 2 is 1.53 bits per heavy atom. The van der Waals surface area contributed by atoms with Crippen LogP contribution < -0.4 is 15.0 Å². The quantitative estimate of drug-likeness (QED) is 0.306. The Kier molecular flexibility index (Phi) is 8.60. The molecule has 0 aliphatic carbocycles. The number of rotatable bonds is 7. The Morgan fingerprint density at radius 3 is 2.00 bits per heavy atom. The predicted octanol–water partition coefficient (Wildman–Crippen LogP) is 1.19. The summed E-state index contributed by atoms with van der Waals surface area (Å²) in [6, 6.07) is 14.5. The zero-order valence-electron chi connectivity index (χ0n) is 18.1. The molecule has 0 amide bonds. The van der Waals surface area contributed by atoms with Gasteiger partial charge in [-0.25, -0.2) is 4.79 Å². The number of nitrogens with zero attached hydrogens (tertiary/aromatic N) is 2. The van der Waals surface area contributed by atoms with E-state index in [2.05, 4.69) is 0 Å². The molecule has 15 nitrogen and oxygen atoms in total. The summed E-state index contributed by atoms with van der Waals surface area (Å²) in [6.45, 7) is 0. The van der Waals surface area contributed by atoms with Gasteiger partial charge in [-0.2, -0.15) is 21.5 Å². The van der Waals surface area contributed by atoms with Crippen LogP contribution in [0.3, 0.4) is 0 Å². The van der Waals surface area contributed by atoms with Gasteiger partial charge in [-0.3, -0.25) is 18.7 Å². The maximum atomic E-state index is 11.0. The summed E-state index contributed by atoms with van der Waals surface area (Å²) in [5.41, 5.74) is -0.993. The third-order valence-corrected chi connectivity index (χ3v) is 5.64. The number of benzene rings is 2. The standard InChI is InChI=1S/C15H14O4.C4H4N2O9S2/c1-18-14-9-11(10-15(16)17)7-8-13(14)19-12-5-3-2-4-6-12;7-2-1-3(16(10,11)12)5(4(8)9)6(2)17(13,14)15/h2-9H,10H2,1H3,(H,16,17);1H,(H,8,9)(H,10,11,12)(H,13,14,15). The van der Waals surface area contributed by atoms with E-state index in [1.165, 1.54) is 7.11 Å². The molecule has 0 aliphatic heterocycles. The molecule has 0 atom stereocenters. The molecule has 1 aromatic heterocycles. The van der Waals surface area contributed by atoms with Crippen LogP contribution in [-0.4, -0.2) is 64.1 Å². The zero-order chi connectivity index (χ0) is 27.3. The maximum Gasteiger partial charge on any atom is 0.433 e. The highest BCUT2D eigenvalue weighted by atomic mass is 32.2. The number of aromatic nitrogens is 2. The lowest BCUT2D eigenvalue weighted by Gasteiger charge is -2.11. The summed E-state index contributed by atoms with van der Waals surface area (Å²) in [5, 5.41) is 15.8. The normalized spacial score (nSPS) is 11.2. The first kappa shape index (κ1) is 28.1. The number of methoxy groups -OCH3 is 1. The third kappa shape index (κ3) is 7.15. The molecule has 3 aromatic rings. The second-order valence-electron chi connectivity index (χ2n) is 6.58. The van der Waals surface area contributed by atoms with E-state index < -0.39 is 51.8 Å². The number of hydrogen-bond acceptors (Lipinski definition) is 9. The van der Waals surface area contributed by atoms with E-state index in [1.807, 2.05) is 30.3 Å². The molecule has 0 saturated heterocycles. The van der Waals surface area contributed by atoms with Gasteiger partial charge >= 0.3 is 32.5 Å². The molecule has 3 rings (SSSR count). The second-order valence-corrected chi connectivity index (χ2v) is 9.19. The molecule has 0 radical (unpaired) electrons. The third-order valence-electron chi connectivity index (χ3n) is 4.04. The molecule has 36 heavy (non-hydrogen) atoms. The molecule has 194 valence electrons. The van der Waals surface area contributed by atoms with E-state index in [1.54, 1.807) is 18.2 Å². The van der Waals surface area contributed by atoms with E-state index in [9.17, 15) is 31.2 Å². The summed E-state index contributed by atoms with van der Waals surface area (Å²) >= 11 is 0. The predicted molar refractivity (Wildman–Crippen MR) is 120 cm³/mol. The van der Waals surface area contributed by atoms with Crippen molar-refractivity contribution in [3.8, 4) is 17.2 Å². The molecule has 0 spiro atoms. The van der Waals surface area contributed by atoms with Crippen LogP contribution in [-0.2, 0) is 31.6 Å². The fraction of sp³-hybridized carbons (Fsp3) is 0.105. The van der Waals surface area contributed by atoms with E-state index in [0.717, 1.165) is 0 Å². The summed E-state index contributed by atoms with van der Waals surface area (Å²) in [6.07, 6.45) is -2.25. The molecule has 2 aromatic carbocycles. The molecule has 1 heterocycles. The largest absolute Gasteiger partial charge is 0.493 e. The number of carbonyl (C=O) groups is 2. The zero-order valence-corrected chi connectivity index (χ0v) is 19.7. The van der Waals surface area contributed by atoms with Crippen molar-refractivity contribution in [2.45, 2.75) is 11.4 Å². The van der Waals surface area contributed by atoms with Gasteiger partial charge in [0.1, 0.15) is 5.75 Å². The van der Waals surface area contributed by atoms with Crippen molar-refractivity contribution >= 4 is 32.5 Å². The van der Waals surface area contributed by atoms with Crippen molar-refractivity contribution in [1.82, 2.24) is 8.77 Å². The van der Waals surface area contributed by atoms with Crippen molar-refractivity contribution in [2.24, 2.45) is 0 Å². The molecule has 0 aliphatic rings. The van der Waals surface area contributed by atoms with Crippen LogP contribution in [0.4, 0.5) is 4.79 Å². The van der Waals surface area contributed by atoms with Gasteiger partial charge in [0.05, 0.1) is 13.5 Å². The molecule has 0 bridgehead atoms. The minimum absolute atomic E-state index is 0.0250. The monoisotopic (exact) mass is 546 g/mol. The Hall–Kier alpha value is -4.19. The highest BCUT2D eigenvalue weighted by Crippen LogP contribution is 2.32. The van der Waals surface area contributed by atoms with Gasteiger partial charge in [-0.05, 0) is 29.8 Å². The van der Waals surface area contributed by atoms with E-state index >= 15 is 0 Å². The maximum absolute atomic E-state index is 11.0. The van der Waals surface area contributed by atoms with Gasteiger partial charge in [0.15, 0.2) is 16.5 Å². The van der Waals surface area contributed by atoms with Gasteiger partial charge in [0, 0.05) is 6.07 Å². The van der Waals surface area contributed by atoms with Crippen molar-refractivity contribution in [1.29, 1.82) is 0 Å². The van der Waals surface area contributed by atoms with Gasteiger partial charge in [-0.1, -0.05) is 24.3 Å². The van der Waals surface area contributed by atoms with Crippen LogP contribution in [0.15, 0.2) is 64.4 Å². The van der Waals surface area contributed by atoms with E-state index in [4.69, 9.17) is 28.8 Å². The Labute approximate surface area is 203 Å². The summed E-state index contributed by atoms with van der Waals surface area (Å²) in [5.74, 6) is 0.899. The van der Waals surface area contributed by atoms with Gasteiger partial charge in [0.25, 0.3) is 5.56 Å². The molecular weight excluding hydrogens is 528 g/mol. The van der Waals surface area contributed by atoms with Crippen LogP contribution >= 0.6 is 0 Å². The van der Waals surface area contributed by atoms with E-state index in [-0.39, 0.29) is 12.5 Å². The van der Waals surface area contributed by atoms with Gasteiger partial charge in [0.2, 0.25) is 0 Å². The minimum atomic E-state index is -5.34. The first-order chi connectivity index (χ1) is 16.6. The van der Waals surface area contributed by atoms with Crippen molar-refractivity contribution in [3.05, 3.63) is 70.5 Å². The molecule has 0 fully saturated rings. The number of carboxylic acid groups (broad SMARTS) is 2. The second kappa shape index (κ2) is 11.0. The molecule has 17 heteroatoms. The fourth-order valence-corrected chi connectivity index (χ4v) is 4.00. The molecular formula is C19H18N2O13S2. The number of para-hydroxylation sites is 1. The van der Waals surface area contributed by atoms with Gasteiger partial charge < -0.3 is 19.7 Å². The van der Waals surface area contributed by atoms with Crippen LogP contribution in [0.5, 0.6) is 17.2 Å². The highest BCUT2D eigenvalue weighted by molar-refractivity contribution is 7.86. The lowest BCUT2D eigenvalue weighted by molar-refractivity contribution is -0.136.